The van der Waals surface area contributed by atoms with Crippen LogP contribution in [-0.4, -0.2) is 46.7 Å². The Morgan fingerprint density at radius 3 is 2.62 bits per heavy atom. The molecule has 4 atom stereocenters. The molecule has 1 heterocycles. The van der Waals surface area contributed by atoms with Gasteiger partial charge in [-0.05, 0) is 44.9 Å². The molecule has 0 spiro atoms. The summed E-state index contributed by atoms with van der Waals surface area (Å²) in [6.07, 6.45) is 6.28. The standard InChI is InChI=1S/C16H27NO4/c1-11-6-5-7-13(10-11)21-12(2)15(18)17-9-4-3-8-14(17)16(19)20/h11-14H,3-10H2,1-2H3,(H,19,20)/t11-,12+,13+,14-/m1/s1. The smallest absolute Gasteiger partial charge is 0.326 e. The summed E-state index contributed by atoms with van der Waals surface area (Å²) < 4.78 is 5.92. The Morgan fingerprint density at radius 1 is 1.19 bits per heavy atom. The Hall–Kier alpha value is -1.10. The van der Waals surface area contributed by atoms with E-state index >= 15 is 0 Å². The molecule has 1 amide bonds. The highest BCUT2D eigenvalue weighted by Crippen LogP contribution is 2.27. The van der Waals surface area contributed by atoms with E-state index in [1.165, 1.54) is 11.3 Å². The molecular weight excluding hydrogens is 270 g/mol. The maximum Gasteiger partial charge on any atom is 0.326 e. The first-order valence-electron chi connectivity index (χ1n) is 8.17. The zero-order valence-corrected chi connectivity index (χ0v) is 13.1. The number of carboxylic acids is 1. The Bertz CT molecular complexity index is 384. The first kappa shape index (κ1) is 16.3. The highest BCUT2D eigenvalue weighted by molar-refractivity contribution is 5.86. The molecule has 1 aliphatic heterocycles. The van der Waals surface area contributed by atoms with Crippen LogP contribution in [0.4, 0.5) is 0 Å². The van der Waals surface area contributed by atoms with Crippen molar-refractivity contribution in [3.8, 4) is 0 Å². The van der Waals surface area contributed by atoms with Crippen LogP contribution < -0.4 is 0 Å². The molecule has 0 unspecified atom stereocenters. The quantitative estimate of drug-likeness (QED) is 0.865. The third kappa shape index (κ3) is 4.19. The molecule has 1 saturated carbocycles. The Balaban J connectivity index is 1.92. The lowest BCUT2D eigenvalue weighted by atomic mass is 9.88. The second-order valence-corrected chi connectivity index (χ2v) is 6.55. The summed E-state index contributed by atoms with van der Waals surface area (Å²) in [5, 5.41) is 9.26. The average Bonchev–Trinajstić information content (AvgIpc) is 2.46. The molecule has 120 valence electrons. The molecule has 21 heavy (non-hydrogen) atoms. The lowest BCUT2D eigenvalue weighted by molar-refractivity contribution is -0.160. The van der Waals surface area contributed by atoms with Crippen molar-refractivity contribution in [2.45, 2.75) is 77.0 Å². The molecule has 0 bridgehead atoms. The highest BCUT2D eigenvalue weighted by Gasteiger charge is 2.35. The van der Waals surface area contributed by atoms with Crippen molar-refractivity contribution in [3.63, 3.8) is 0 Å². The molecule has 2 aliphatic rings. The zero-order chi connectivity index (χ0) is 15.4. The van der Waals surface area contributed by atoms with Crippen LogP contribution in [0.2, 0.25) is 0 Å². The number of rotatable bonds is 4. The van der Waals surface area contributed by atoms with E-state index in [0.717, 1.165) is 32.1 Å². The van der Waals surface area contributed by atoms with Crippen LogP contribution in [0.5, 0.6) is 0 Å². The van der Waals surface area contributed by atoms with Crippen molar-refractivity contribution in [2.24, 2.45) is 5.92 Å². The first-order valence-corrected chi connectivity index (χ1v) is 8.17. The molecule has 1 N–H and O–H groups in total. The number of hydrogen-bond donors (Lipinski definition) is 1. The van der Waals surface area contributed by atoms with Gasteiger partial charge in [0.25, 0.3) is 5.91 Å². The topological polar surface area (TPSA) is 66.8 Å². The van der Waals surface area contributed by atoms with Gasteiger partial charge >= 0.3 is 5.97 Å². The van der Waals surface area contributed by atoms with E-state index in [1.807, 2.05) is 0 Å². The van der Waals surface area contributed by atoms with Crippen molar-refractivity contribution in [3.05, 3.63) is 0 Å². The number of hydrogen-bond acceptors (Lipinski definition) is 3. The van der Waals surface area contributed by atoms with Crippen LogP contribution in [0.15, 0.2) is 0 Å². The van der Waals surface area contributed by atoms with Gasteiger partial charge in [-0.3, -0.25) is 4.79 Å². The Morgan fingerprint density at radius 2 is 1.95 bits per heavy atom. The number of aliphatic carboxylic acids is 1. The summed E-state index contributed by atoms with van der Waals surface area (Å²) in [4.78, 5) is 25.3. The van der Waals surface area contributed by atoms with Gasteiger partial charge in [-0.15, -0.1) is 0 Å². The molecule has 5 nitrogen and oxygen atoms in total. The summed E-state index contributed by atoms with van der Waals surface area (Å²) in [6, 6.07) is -0.678. The second kappa shape index (κ2) is 7.25. The maximum absolute atomic E-state index is 12.5. The lowest BCUT2D eigenvalue weighted by Gasteiger charge is -2.36. The number of carboxylic acid groups (broad SMARTS) is 1. The fourth-order valence-electron chi connectivity index (χ4n) is 3.53. The maximum atomic E-state index is 12.5. The van der Waals surface area contributed by atoms with Crippen molar-refractivity contribution in [1.82, 2.24) is 4.90 Å². The molecule has 0 radical (unpaired) electrons. The molecule has 1 aliphatic carbocycles. The minimum atomic E-state index is -0.901. The Kier molecular flexibility index (Phi) is 5.62. The van der Waals surface area contributed by atoms with Gasteiger partial charge in [-0.25, -0.2) is 4.79 Å². The van der Waals surface area contributed by atoms with Crippen LogP contribution in [0.1, 0.15) is 58.8 Å². The van der Waals surface area contributed by atoms with Gasteiger partial charge in [0.15, 0.2) is 0 Å². The van der Waals surface area contributed by atoms with Gasteiger partial charge < -0.3 is 14.7 Å². The van der Waals surface area contributed by atoms with E-state index in [-0.39, 0.29) is 12.0 Å². The molecule has 5 heteroatoms. The van der Waals surface area contributed by atoms with Gasteiger partial charge in [-0.2, -0.15) is 0 Å². The number of nitrogens with zero attached hydrogens (tertiary/aromatic N) is 1. The number of carbonyl (C=O) groups excluding carboxylic acids is 1. The van der Waals surface area contributed by atoms with E-state index in [2.05, 4.69) is 6.92 Å². The van der Waals surface area contributed by atoms with Crippen molar-refractivity contribution < 1.29 is 19.4 Å². The van der Waals surface area contributed by atoms with E-state index in [1.54, 1.807) is 6.92 Å². The molecule has 2 rings (SSSR count). The van der Waals surface area contributed by atoms with Gasteiger partial charge in [0.05, 0.1) is 6.10 Å². The minimum Gasteiger partial charge on any atom is -0.480 e. The van der Waals surface area contributed by atoms with E-state index in [0.29, 0.717) is 18.9 Å². The predicted octanol–water partition coefficient (Wildman–Crippen LogP) is 2.44. The van der Waals surface area contributed by atoms with Crippen LogP contribution >= 0.6 is 0 Å². The number of carbonyl (C=O) groups is 2. The summed E-state index contributed by atoms with van der Waals surface area (Å²) >= 11 is 0. The lowest BCUT2D eigenvalue weighted by Crippen LogP contribution is -2.52. The summed E-state index contributed by atoms with van der Waals surface area (Å²) in [5.74, 6) is -0.422. The SMILES string of the molecule is C[C@@H]1CCC[C@H](O[C@@H](C)C(=O)N2CCCC[C@@H]2C(=O)O)C1. The van der Waals surface area contributed by atoms with Crippen LogP contribution in [0.25, 0.3) is 0 Å². The third-order valence-electron chi connectivity index (χ3n) is 4.70. The summed E-state index contributed by atoms with van der Waals surface area (Å²) in [7, 11) is 0. The van der Waals surface area contributed by atoms with Gasteiger partial charge in [0, 0.05) is 6.54 Å². The highest BCUT2D eigenvalue weighted by atomic mass is 16.5. The Labute approximate surface area is 126 Å². The van der Waals surface area contributed by atoms with Crippen LogP contribution in [0.3, 0.4) is 0 Å². The van der Waals surface area contributed by atoms with Gasteiger partial charge in [-0.1, -0.05) is 19.8 Å². The average molecular weight is 297 g/mol. The molecule has 1 saturated heterocycles. The summed E-state index contributed by atoms with van der Waals surface area (Å²) in [5.41, 5.74) is 0. The molecular formula is C16H27NO4. The fourth-order valence-corrected chi connectivity index (χ4v) is 3.53. The molecule has 2 fully saturated rings. The first-order chi connectivity index (χ1) is 9.99. The fraction of sp³-hybridized carbons (Fsp3) is 0.875. The predicted molar refractivity (Wildman–Crippen MR) is 79.0 cm³/mol. The number of piperidine rings is 1. The number of likely N-dealkylation sites (tertiary alicyclic amines) is 1. The summed E-state index contributed by atoms with van der Waals surface area (Å²) in [6.45, 7) is 4.51. The monoisotopic (exact) mass is 297 g/mol. The number of amides is 1. The minimum absolute atomic E-state index is 0.140. The van der Waals surface area contributed by atoms with Crippen molar-refractivity contribution in [1.29, 1.82) is 0 Å². The largest absolute Gasteiger partial charge is 0.480 e. The van der Waals surface area contributed by atoms with Crippen molar-refractivity contribution in [2.75, 3.05) is 6.54 Å². The van der Waals surface area contributed by atoms with E-state index in [9.17, 15) is 14.7 Å². The molecule has 0 aromatic heterocycles. The van der Waals surface area contributed by atoms with E-state index in [4.69, 9.17) is 4.74 Å². The van der Waals surface area contributed by atoms with Crippen LogP contribution in [-0.2, 0) is 14.3 Å². The van der Waals surface area contributed by atoms with Gasteiger partial charge in [0.2, 0.25) is 0 Å². The van der Waals surface area contributed by atoms with Gasteiger partial charge in [0.1, 0.15) is 12.1 Å². The van der Waals surface area contributed by atoms with Crippen LogP contribution in [0, 0.1) is 5.92 Å². The second-order valence-electron chi connectivity index (χ2n) is 6.55. The third-order valence-corrected chi connectivity index (χ3v) is 4.70. The zero-order valence-electron chi connectivity index (χ0n) is 13.1. The molecule has 0 aromatic rings. The number of ether oxygens (including phenoxy) is 1. The normalized spacial score (nSPS) is 31.7. The van der Waals surface area contributed by atoms with E-state index < -0.39 is 18.1 Å². The molecule has 0 aromatic carbocycles. The van der Waals surface area contributed by atoms with Crippen molar-refractivity contribution >= 4 is 11.9 Å².